The molecule has 0 spiro atoms. The second kappa shape index (κ2) is 5.29. The number of ether oxygens (including phenoxy) is 1. The zero-order valence-corrected chi connectivity index (χ0v) is 12.9. The lowest BCUT2D eigenvalue weighted by atomic mass is 10.2. The summed E-state index contributed by atoms with van der Waals surface area (Å²) in [7, 11) is -0.975. The molecule has 0 fully saturated rings. The molecule has 98 valence electrons. The first-order valence-corrected chi connectivity index (χ1v) is 10.3. The topological polar surface area (TPSA) is 14.2 Å². The third-order valence-electron chi connectivity index (χ3n) is 3.15. The molecule has 2 nitrogen and oxygen atoms in total. The summed E-state index contributed by atoms with van der Waals surface area (Å²) in [6.45, 7) is 10.8. The maximum absolute atomic E-state index is 5.79. The van der Waals surface area contributed by atoms with Gasteiger partial charge in [-0.1, -0.05) is 31.3 Å². The minimum Gasteiger partial charge on any atom is -0.361 e. The summed E-state index contributed by atoms with van der Waals surface area (Å²) >= 11 is 0. The van der Waals surface area contributed by atoms with Crippen molar-refractivity contribution in [1.29, 1.82) is 0 Å². The van der Waals surface area contributed by atoms with E-state index in [1.807, 2.05) is 0 Å². The van der Waals surface area contributed by atoms with Crippen molar-refractivity contribution in [2.75, 3.05) is 6.61 Å². The summed E-state index contributed by atoms with van der Waals surface area (Å²) < 4.78 is 7.97. The number of nitrogens with zero attached hydrogens (tertiary/aromatic N) is 1. The minimum atomic E-state index is -0.975. The van der Waals surface area contributed by atoms with Crippen LogP contribution in [-0.2, 0) is 11.5 Å². The van der Waals surface area contributed by atoms with Gasteiger partial charge in [0.2, 0.25) is 0 Å². The van der Waals surface area contributed by atoms with Crippen molar-refractivity contribution < 1.29 is 4.74 Å². The maximum Gasteiger partial charge on any atom is 0.122 e. The van der Waals surface area contributed by atoms with Crippen LogP contribution in [0.1, 0.15) is 5.56 Å². The molecule has 0 radical (unpaired) electrons. The third-order valence-corrected chi connectivity index (χ3v) is 4.86. The number of rotatable bonds is 5. The summed E-state index contributed by atoms with van der Waals surface area (Å²) in [5, 5.41) is 1.30. The van der Waals surface area contributed by atoms with Crippen LogP contribution in [-0.4, -0.2) is 19.2 Å². The molecule has 1 heterocycles. The summed E-state index contributed by atoms with van der Waals surface area (Å²) in [5.74, 6) is 0. The lowest BCUT2D eigenvalue weighted by molar-refractivity contribution is 0.0902. The molecule has 0 saturated heterocycles. The number of fused-ring (bicyclic) bond motifs is 1. The molecule has 1 aromatic carbocycles. The molecule has 0 aliphatic heterocycles. The summed E-state index contributed by atoms with van der Waals surface area (Å²) in [5.41, 5.74) is 2.56. The molecular weight excluding hydrogens is 238 g/mol. The van der Waals surface area contributed by atoms with E-state index in [1.54, 1.807) is 0 Å². The Hall–Kier alpha value is -1.06. The Morgan fingerprint density at radius 1 is 1.17 bits per heavy atom. The van der Waals surface area contributed by atoms with Gasteiger partial charge in [-0.15, -0.1) is 0 Å². The normalized spacial score (nSPS) is 12.2. The van der Waals surface area contributed by atoms with Crippen LogP contribution in [0, 0.1) is 6.92 Å². The molecule has 0 bridgehead atoms. The molecule has 3 heteroatoms. The highest BCUT2D eigenvalue weighted by Crippen LogP contribution is 2.17. The van der Waals surface area contributed by atoms with Gasteiger partial charge in [0.15, 0.2) is 0 Å². The van der Waals surface area contributed by atoms with Gasteiger partial charge < -0.3 is 9.30 Å². The molecule has 18 heavy (non-hydrogen) atoms. The SMILES string of the molecule is Cc1ccc2c(ccn2COCC[Si](C)(C)C)c1. The van der Waals surface area contributed by atoms with Crippen LogP contribution in [0.3, 0.4) is 0 Å². The largest absolute Gasteiger partial charge is 0.361 e. The Bertz CT molecular complexity index is 525. The van der Waals surface area contributed by atoms with Crippen LogP contribution in [0.2, 0.25) is 25.7 Å². The monoisotopic (exact) mass is 261 g/mol. The van der Waals surface area contributed by atoms with E-state index < -0.39 is 8.07 Å². The summed E-state index contributed by atoms with van der Waals surface area (Å²) in [6, 6.07) is 9.93. The number of aryl methyl sites for hydroxylation is 1. The number of aromatic nitrogens is 1. The Morgan fingerprint density at radius 2 is 1.94 bits per heavy atom. The van der Waals surface area contributed by atoms with Crippen molar-refractivity contribution in [2.45, 2.75) is 39.3 Å². The van der Waals surface area contributed by atoms with Crippen molar-refractivity contribution >= 4 is 19.0 Å². The number of benzene rings is 1. The van der Waals surface area contributed by atoms with E-state index in [1.165, 1.54) is 22.5 Å². The second-order valence-electron chi connectivity index (χ2n) is 6.20. The van der Waals surface area contributed by atoms with Crippen LogP contribution in [0.4, 0.5) is 0 Å². The second-order valence-corrected chi connectivity index (χ2v) is 11.8. The van der Waals surface area contributed by atoms with Gasteiger partial charge in [0.1, 0.15) is 6.73 Å². The molecule has 0 saturated carbocycles. The van der Waals surface area contributed by atoms with Crippen LogP contribution in [0.25, 0.3) is 10.9 Å². The van der Waals surface area contributed by atoms with Crippen molar-refractivity contribution in [3.8, 4) is 0 Å². The molecule has 2 rings (SSSR count). The Kier molecular flexibility index (Phi) is 3.93. The quantitative estimate of drug-likeness (QED) is 0.579. The molecule has 0 N–H and O–H groups in total. The zero-order valence-electron chi connectivity index (χ0n) is 11.9. The van der Waals surface area contributed by atoms with Crippen LogP contribution in [0.15, 0.2) is 30.5 Å². The van der Waals surface area contributed by atoms with E-state index in [9.17, 15) is 0 Å². The summed E-state index contributed by atoms with van der Waals surface area (Å²) in [6.07, 6.45) is 2.11. The highest BCUT2D eigenvalue weighted by Gasteiger charge is 2.12. The van der Waals surface area contributed by atoms with E-state index in [-0.39, 0.29) is 0 Å². The molecular formula is C15H23NOSi. The fourth-order valence-electron chi connectivity index (χ4n) is 1.97. The van der Waals surface area contributed by atoms with Gasteiger partial charge in [-0.3, -0.25) is 0 Å². The molecule has 0 aliphatic rings. The Balaban J connectivity index is 1.96. The molecule has 0 amide bonds. The van der Waals surface area contributed by atoms with E-state index in [4.69, 9.17) is 4.74 Å². The lowest BCUT2D eigenvalue weighted by Gasteiger charge is -2.15. The van der Waals surface area contributed by atoms with Gasteiger partial charge >= 0.3 is 0 Å². The van der Waals surface area contributed by atoms with Crippen molar-refractivity contribution in [1.82, 2.24) is 4.57 Å². The fourth-order valence-corrected chi connectivity index (χ4v) is 2.73. The number of hydrogen-bond acceptors (Lipinski definition) is 1. The van der Waals surface area contributed by atoms with Gasteiger partial charge in [0, 0.05) is 26.4 Å². The molecule has 0 unspecified atom stereocenters. The first-order chi connectivity index (χ1) is 8.46. The van der Waals surface area contributed by atoms with Gasteiger partial charge in [0.25, 0.3) is 0 Å². The molecule has 0 aliphatic carbocycles. The van der Waals surface area contributed by atoms with Crippen molar-refractivity contribution in [3.63, 3.8) is 0 Å². The predicted octanol–water partition coefficient (Wildman–Crippen LogP) is 4.26. The van der Waals surface area contributed by atoms with Crippen LogP contribution >= 0.6 is 0 Å². The van der Waals surface area contributed by atoms with Crippen molar-refractivity contribution in [3.05, 3.63) is 36.0 Å². The Labute approximate surface area is 111 Å². The first-order valence-electron chi connectivity index (χ1n) is 6.59. The van der Waals surface area contributed by atoms with Gasteiger partial charge in [-0.25, -0.2) is 0 Å². The Morgan fingerprint density at radius 3 is 2.67 bits per heavy atom. The first kappa shape index (κ1) is 13.4. The average molecular weight is 261 g/mol. The van der Waals surface area contributed by atoms with E-state index >= 15 is 0 Å². The van der Waals surface area contributed by atoms with Crippen molar-refractivity contribution in [2.24, 2.45) is 0 Å². The van der Waals surface area contributed by atoms with Crippen LogP contribution < -0.4 is 0 Å². The predicted molar refractivity (Wildman–Crippen MR) is 80.8 cm³/mol. The maximum atomic E-state index is 5.79. The average Bonchev–Trinajstić information content (AvgIpc) is 2.65. The molecule has 2 aromatic rings. The van der Waals surface area contributed by atoms with E-state index in [2.05, 4.69) is 61.6 Å². The number of hydrogen-bond donors (Lipinski definition) is 0. The van der Waals surface area contributed by atoms with Gasteiger partial charge in [0.05, 0.1) is 0 Å². The molecule has 1 aromatic heterocycles. The standard InChI is InChI=1S/C15H23NOSi/c1-13-5-6-15-14(11-13)7-8-16(15)12-17-9-10-18(2,3)4/h5-8,11H,9-10,12H2,1-4H3. The highest BCUT2D eigenvalue weighted by atomic mass is 28.3. The fraction of sp³-hybridized carbons (Fsp3) is 0.467. The smallest absolute Gasteiger partial charge is 0.122 e. The van der Waals surface area contributed by atoms with E-state index in [0.29, 0.717) is 6.73 Å². The summed E-state index contributed by atoms with van der Waals surface area (Å²) in [4.78, 5) is 0. The third kappa shape index (κ3) is 3.46. The highest BCUT2D eigenvalue weighted by molar-refractivity contribution is 6.76. The molecule has 0 atom stereocenters. The van der Waals surface area contributed by atoms with Gasteiger partial charge in [-0.05, 0) is 36.6 Å². The van der Waals surface area contributed by atoms with Crippen LogP contribution in [0.5, 0.6) is 0 Å². The minimum absolute atomic E-state index is 0.664. The zero-order chi connectivity index (χ0) is 13.2. The van der Waals surface area contributed by atoms with E-state index in [0.717, 1.165) is 6.61 Å². The van der Waals surface area contributed by atoms with Gasteiger partial charge in [-0.2, -0.15) is 0 Å². The lowest BCUT2D eigenvalue weighted by Crippen LogP contribution is -2.21.